The normalized spacial score (nSPS) is 24.4. The quantitative estimate of drug-likeness (QED) is 0.512. The summed E-state index contributed by atoms with van der Waals surface area (Å²) in [6.07, 6.45) is 4.96. The van der Waals surface area contributed by atoms with E-state index in [1.54, 1.807) is 28.6 Å². The molecule has 1 unspecified atom stereocenters. The third-order valence-electron chi connectivity index (χ3n) is 7.40. The number of piperidine rings is 2. The number of halogens is 1. The van der Waals surface area contributed by atoms with Crippen LogP contribution in [0.2, 0.25) is 0 Å². The molecule has 0 saturated carbocycles. The smallest absolute Gasteiger partial charge is 0.248 e. The van der Waals surface area contributed by atoms with Crippen LogP contribution in [0.5, 0.6) is 0 Å². The number of sulfonamides is 1. The topological polar surface area (TPSA) is 73.4 Å². The minimum Gasteiger partial charge on any atom is -0.370 e. The van der Waals surface area contributed by atoms with Crippen LogP contribution >= 0.6 is 15.9 Å². The maximum Gasteiger partial charge on any atom is 0.248 e. The number of carbonyl (C=O) groups excluding carboxylic acids is 1. The van der Waals surface area contributed by atoms with Crippen LogP contribution in [0.1, 0.15) is 32.1 Å². The van der Waals surface area contributed by atoms with Crippen molar-refractivity contribution >= 4 is 31.9 Å². The Hall–Kier alpha value is -1.04. The second-order valence-electron chi connectivity index (χ2n) is 9.69. The first-order valence-corrected chi connectivity index (χ1v) is 14.6. The van der Waals surface area contributed by atoms with E-state index < -0.39 is 10.0 Å². The van der Waals surface area contributed by atoms with Crippen molar-refractivity contribution in [3.8, 4) is 0 Å². The molecule has 3 fully saturated rings. The Balaban J connectivity index is 1.24. The molecular formula is C24H37BrN4O4S. The van der Waals surface area contributed by atoms with E-state index in [4.69, 9.17) is 4.74 Å². The molecule has 3 heterocycles. The summed E-state index contributed by atoms with van der Waals surface area (Å²) in [5.74, 6) is 0.00107. The lowest BCUT2D eigenvalue weighted by Crippen LogP contribution is -2.54. The predicted molar refractivity (Wildman–Crippen MR) is 135 cm³/mol. The van der Waals surface area contributed by atoms with Gasteiger partial charge in [-0.2, -0.15) is 4.31 Å². The van der Waals surface area contributed by atoms with E-state index >= 15 is 0 Å². The van der Waals surface area contributed by atoms with Gasteiger partial charge < -0.3 is 14.5 Å². The van der Waals surface area contributed by atoms with Crippen molar-refractivity contribution in [2.45, 2.75) is 49.1 Å². The fourth-order valence-corrected chi connectivity index (χ4v) is 7.21. The number of amides is 1. The molecule has 1 atom stereocenters. The number of hydrogen-bond donors (Lipinski definition) is 0. The maximum absolute atomic E-state index is 13.2. The fourth-order valence-electron chi connectivity index (χ4n) is 5.27. The molecule has 34 heavy (non-hydrogen) atoms. The summed E-state index contributed by atoms with van der Waals surface area (Å²) >= 11 is 3.36. The van der Waals surface area contributed by atoms with Crippen LogP contribution in [-0.2, 0) is 19.6 Å². The molecule has 0 radical (unpaired) electrons. The van der Waals surface area contributed by atoms with Crippen LogP contribution < -0.4 is 0 Å². The zero-order valence-corrected chi connectivity index (χ0v) is 22.5. The van der Waals surface area contributed by atoms with Crippen molar-refractivity contribution in [1.29, 1.82) is 0 Å². The first-order valence-electron chi connectivity index (χ1n) is 12.4. The van der Waals surface area contributed by atoms with E-state index in [0.717, 1.165) is 63.0 Å². The highest BCUT2D eigenvalue weighted by molar-refractivity contribution is 9.10. The summed E-state index contributed by atoms with van der Waals surface area (Å²) in [6.45, 7) is 6.35. The van der Waals surface area contributed by atoms with Crippen molar-refractivity contribution in [2.24, 2.45) is 0 Å². The Kier molecular flexibility index (Phi) is 9.03. The van der Waals surface area contributed by atoms with Crippen molar-refractivity contribution < 1.29 is 17.9 Å². The number of piperazine rings is 1. The number of nitrogens with zero attached hydrogens (tertiary/aromatic N) is 4. The van der Waals surface area contributed by atoms with Gasteiger partial charge in [-0.1, -0.05) is 22.4 Å². The molecule has 10 heteroatoms. The summed E-state index contributed by atoms with van der Waals surface area (Å²) in [5, 5.41) is 0. The molecule has 3 saturated heterocycles. The molecule has 1 aromatic rings. The maximum atomic E-state index is 13.2. The molecular weight excluding hydrogens is 520 g/mol. The van der Waals surface area contributed by atoms with Crippen molar-refractivity contribution in [1.82, 2.24) is 19.0 Å². The minimum absolute atomic E-state index is 0.00107. The molecule has 3 aliphatic heterocycles. The van der Waals surface area contributed by atoms with E-state index in [2.05, 4.69) is 32.8 Å². The number of ether oxygens (including phenoxy) is 1. The Labute approximate surface area is 212 Å². The average Bonchev–Trinajstić information content (AvgIpc) is 2.85. The summed E-state index contributed by atoms with van der Waals surface area (Å²) < 4.78 is 34.6. The van der Waals surface area contributed by atoms with E-state index in [-0.39, 0.29) is 25.2 Å². The Morgan fingerprint density at radius 2 is 1.65 bits per heavy atom. The highest BCUT2D eigenvalue weighted by Gasteiger charge is 2.34. The van der Waals surface area contributed by atoms with Gasteiger partial charge in [-0.05, 0) is 70.1 Å². The van der Waals surface area contributed by atoms with Gasteiger partial charge in [0.2, 0.25) is 15.9 Å². The van der Waals surface area contributed by atoms with Gasteiger partial charge in [0.1, 0.15) is 6.61 Å². The van der Waals surface area contributed by atoms with Gasteiger partial charge in [-0.15, -0.1) is 0 Å². The van der Waals surface area contributed by atoms with Gasteiger partial charge >= 0.3 is 0 Å². The molecule has 8 nitrogen and oxygen atoms in total. The van der Waals surface area contributed by atoms with E-state index in [1.165, 1.54) is 12.8 Å². The van der Waals surface area contributed by atoms with Gasteiger partial charge in [-0.25, -0.2) is 8.42 Å². The number of carbonyl (C=O) groups is 1. The van der Waals surface area contributed by atoms with Gasteiger partial charge in [0.05, 0.1) is 11.5 Å². The molecule has 190 valence electrons. The number of hydrogen-bond acceptors (Lipinski definition) is 6. The highest BCUT2D eigenvalue weighted by Crippen LogP contribution is 2.26. The monoisotopic (exact) mass is 556 g/mol. The largest absolute Gasteiger partial charge is 0.370 e. The van der Waals surface area contributed by atoms with Crippen LogP contribution in [0.15, 0.2) is 33.6 Å². The third kappa shape index (κ3) is 6.39. The molecule has 0 aliphatic carbocycles. The highest BCUT2D eigenvalue weighted by atomic mass is 79.9. The molecule has 0 spiro atoms. The van der Waals surface area contributed by atoms with Crippen LogP contribution in [0.25, 0.3) is 0 Å². The lowest BCUT2D eigenvalue weighted by atomic mass is 10.0. The van der Waals surface area contributed by atoms with E-state index in [1.807, 2.05) is 4.90 Å². The molecule has 1 aromatic carbocycles. The summed E-state index contributed by atoms with van der Waals surface area (Å²) in [6, 6.07) is 7.13. The second kappa shape index (κ2) is 11.8. The summed E-state index contributed by atoms with van der Waals surface area (Å²) in [4.78, 5) is 19.8. The number of benzene rings is 1. The van der Waals surface area contributed by atoms with Crippen LogP contribution in [-0.4, -0.2) is 111 Å². The van der Waals surface area contributed by atoms with E-state index in [0.29, 0.717) is 17.5 Å². The lowest BCUT2D eigenvalue weighted by molar-refractivity contribution is -0.138. The average molecular weight is 558 g/mol. The molecule has 3 aliphatic rings. The van der Waals surface area contributed by atoms with Crippen molar-refractivity contribution in [3.63, 3.8) is 0 Å². The predicted octanol–water partition coefficient (Wildman–Crippen LogP) is 2.25. The SMILES string of the molecule is CN1CCC(N2CCN(C(=O)COCC3CCCCN3S(=O)(=O)c3ccc(Br)cc3)CC2)CC1. The fraction of sp³-hybridized carbons (Fsp3) is 0.708. The molecule has 4 rings (SSSR count). The molecule has 0 bridgehead atoms. The first kappa shape index (κ1) is 26.0. The first-order chi connectivity index (χ1) is 16.3. The van der Waals surface area contributed by atoms with Gasteiger partial charge in [0.25, 0.3) is 0 Å². The minimum atomic E-state index is -3.59. The zero-order chi connectivity index (χ0) is 24.1. The van der Waals surface area contributed by atoms with Gasteiger partial charge in [-0.3, -0.25) is 9.69 Å². The third-order valence-corrected chi connectivity index (χ3v) is 9.90. The number of likely N-dealkylation sites (tertiary alicyclic amines) is 1. The second-order valence-corrected chi connectivity index (χ2v) is 12.5. The molecule has 0 N–H and O–H groups in total. The number of rotatable bonds is 7. The van der Waals surface area contributed by atoms with Crippen LogP contribution in [0.3, 0.4) is 0 Å². The summed E-state index contributed by atoms with van der Waals surface area (Å²) in [7, 11) is -1.41. The Morgan fingerprint density at radius 3 is 2.32 bits per heavy atom. The zero-order valence-electron chi connectivity index (χ0n) is 20.1. The Bertz CT molecular complexity index is 913. The Morgan fingerprint density at radius 1 is 0.971 bits per heavy atom. The van der Waals surface area contributed by atoms with Crippen LogP contribution in [0.4, 0.5) is 0 Å². The molecule has 0 aromatic heterocycles. The van der Waals surface area contributed by atoms with Crippen LogP contribution in [0, 0.1) is 0 Å². The standard InChI is InChI=1S/C24H37BrN4O4S/c1-26-12-9-21(10-13-26)27-14-16-28(17-15-27)24(30)19-33-18-22-4-2-3-11-29(22)34(31,32)23-7-5-20(25)6-8-23/h5-8,21-22H,2-4,9-19H2,1H3. The van der Waals surface area contributed by atoms with Gasteiger partial charge in [0, 0.05) is 49.3 Å². The molecule has 1 amide bonds. The van der Waals surface area contributed by atoms with Crippen molar-refractivity contribution in [2.75, 3.05) is 66.1 Å². The lowest BCUT2D eigenvalue weighted by Gasteiger charge is -2.42. The summed E-state index contributed by atoms with van der Waals surface area (Å²) in [5.41, 5.74) is 0. The van der Waals surface area contributed by atoms with Gasteiger partial charge in [0.15, 0.2) is 0 Å². The van der Waals surface area contributed by atoms with E-state index in [9.17, 15) is 13.2 Å². The van der Waals surface area contributed by atoms with Crippen molar-refractivity contribution in [3.05, 3.63) is 28.7 Å².